The number of anilines is 2. The molecule has 1 aliphatic rings. The van der Waals surface area contributed by atoms with Gasteiger partial charge in [0.05, 0.1) is 16.5 Å². The van der Waals surface area contributed by atoms with Gasteiger partial charge in [0.15, 0.2) is 17.4 Å². The normalized spacial score (nSPS) is 16.8. The monoisotopic (exact) mass is 808 g/mol. The molecule has 0 unspecified atom stereocenters. The van der Waals surface area contributed by atoms with Crippen LogP contribution in [0, 0.1) is 30.3 Å². The number of ketones is 1. The molecule has 3 amide bonds. The summed E-state index contributed by atoms with van der Waals surface area (Å²) >= 11 is 19.0. The summed E-state index contributed by atoms with van der Waals surface area (Å²) in [6.45, 7) is 10.3. The van der Waals surface area contributed by atoms with Crippen molar-refractivity contribution in [2.24, 2.45) is 5.92 Å². The second kappa shape index (κ2) is 14.7. The maximum absolute atomic E-state index is 16.1. The lowest BCUT2D eigenvalue weighted by Gasteiger charge is -2.29. The van der Waals surface area contributed by atoms with E-state index in [1.165, 1.54) is 54.5 Å². The smallest absolute Gasteiger partial charge is 0.424 e. The van der Waals surface area contributed by atoms with Crippen LogP contribution < -0.4 is 10.2 Å². The highest BCUT2D eigenvalue weighted by molar-refractivity contribution is 6.53. The van der Waals surface area contributed by atoms with Gasteiger partial charge in [-0.3, -0.25) is 9.59 Å². The molecule has 0 aromatic heterocycles. The van der Waals surface area contributed by atoms with E-state index in [1.54, 1.807) is 0 Å². The van der Waals surface area contributed by atoms with Crippen molar-refractivity contribution < 1.29 is 55.0 Å². The first-order valence-corrected chi connectivity index (χ1v) is 16.9. The molecule has 0 saturated heterocycles. The molecule has 17 heteroatoms. The van der Waals surface area contributed by atoms with Crippen LogP contribution in [0.3, 0.4) is 0 Å². The summed E-state index contributed by atoms with van der Waals surface area (Å²) < 4.78 is 93.7. The lowest BCUT2D eigenvalue weighted by molar-refractivity contribution is -0.140. The lowest BCUT2D eigenvalue weighted by Crippen LogP contribution is -2.44. The molecule has 0 radical (unpaired) electrons. The standard InChI is InChI=1S/C36H33Cl3F6N2O6/c1-16-12-19(46-30(49)26-25(35(26,38)39)17-8-10-22(40)21(13-17)36(43,44)45)15-20(27(16)37)24(48)14-18-9-11-23(41)29(28(18)42)47(31(50)52-33(2,3)4)32(51)53-34(5,6)7/h8-13,15,25-26H,14H2,1-7H3,(H,46,49)/t25-,26+/m0/s1. The SMILES string of the molecule is Cc1cc(NC(=O)[C@H]2[C@H](c3ccc(F)c(C(F)(F)F)c3)C2(Cl)Cl)cc(C(=O)Cc2ccc(F)c(N(C(=O)OC(C)(C)C)C(=O)OC(C)(C)C)c2F)c1Cl. The number of imide groups is 1. The molecule has 1 saturated carbocycles. The number of carbonyl (C=O) groups excluding carboxylic acids is 4. The first-order valence-electron chi connectivity index (χ1n) is 15.8. The second-order valence-corrected chi connectivity index (χ2v) is 16.1. The Morgan fingerprint density at radius 3 is 1.92 bits per heavy atom. The van der Waals surface area contributed by atoms with Crippen LogP contribution in [0.4, 0.5) is 47.3 Å². The number of Topliss-reactive ketones (excluding diaryl/α,β-unsaturated/α-hetero) is 1. The quantitative estimate of drug-likeness (QED) is 0.145. The largest absolute Gasteiger partial charge is 0.443 e. The van der Waals surface area contributed by atoms with Gasteiger partial charge < -0.3 is 14.8 Å². The summed E-state index contributed by atoms with van der Waals surface area (Å²) in [4.78, 5) is 53.1. The highest BCUT2D eigenvalue weighted by Gasteiger charge is 2.67. The van der Waals surface area contributed by atoms with Gasteiger partial charge in [-0.05, 0) is 95.5 Å². The van der Waals surface area contributed by atoms with Gasteiger partial charge in [-0.15, -0.1) is 23.2 Å². The Morgan fingerprint density at radius 2 is 1.40 bits per heavy atom. The zero-order valence-corrected chi connectivity index (χ0v) is 31.5. The van der Waals surface area contributed by atoms with E-state index in [2.05, 4.69) is 5.32 Å². The maximum Gasteiger partial charge on any atom is 0.424 e. The summed E-state index contributed by atoms with van der Waals surface area (Å²) in [6, 6.07) is 6.33. The number of benzene rings is 3. The van der Waals surface area contributed by atoms with Crippen LogP contribution in [0.2, 0.25) is 5.02 Å². The Bertz CT molecular complexity index is 1960. The third-order valence-corrected chi connectivity index (χ3v) is 9.13. The number of hydrogen-bond donors (Lipinski definition) is 1. The minimum atomic E-state index is -5.02. The fourth-order valence-corrected chi connectivity index (χ4v) is 6.39. The van der Waals surface area contributed by atoms with Crippen molar-refractivity contribution in [1.82, 2.24) is 0 Å². The molecule has 1 aliphatic carbocycles. The van der Waals surface area contributed by atoms with Gasteiger partial charge in [-0.1, -0.05) is 23.7 Å². The third-order valence-electron chi connectivity index (χ3n) is 7.69. The van der Waals surface area contributed by atoms with Crippen LogP contribution in [0.15, 0.2) is 42.5 Å². The number of nitrogens with zero attached hydrogens (tertiary/aromatic N) is 1. The van der Waals surface area contributed by atoms with Gasteiger partial charge in [0.2, 0.25) is 5.91 Å². The van der Waals surface area contributed by atoms with Gasteiger partial charge >= 0.3 is 18.4 Å². The number of halogens is 9. The zero-order valence-electron chi connectivity index (χ0n) is 29.2. The first-order chi connectivity index (χ1) is 24.1. The van der Waals surface area contributed by atoms with Crippen LogP contribution in [0.25, 0.3) is 0 Å². The molecule has 8 nitrogen and oxygen atoms in total. The molecule has 0 bridgehead atoms. The summed E-state index contributed by atoms with van der Waals surface area (Å²) in [5.74, 6) is -8.47. The van der Waals surface area contributed by atoms with Crippen molar-refractivity contribution in [3.05, 3.63) is 92.8 Å². The minimum Gasteiger partial charge on any atom is -0.443 e. The van der Waals surface area contributed by atoms with Gasteiger partial charge in [-0.25, -0.2) is 22.8 Å². The van der Waals surface area contributed by atoms with Crippen molar-refractivity contribution in [1.29, 1.82) is 0 Å². The van der Waals surface area contributed by atoms with Crippen LogP contribution in [-0.4, -0.2) is 39.4 Å². The van der Waals surface area contributed by atoms with E-state index in [4.69, 9.17) is 44.3 Å². The van der Waals surface area contributed by atoms with Gasteiger partial charge in [-0.2, -0.15) is 18.1 Å². The molecule has 3 aromatic carbocycles. The van der Waals surface area contributed by atoms with Gasteiger partial charge in [0.25, 0.3) is 0 Å². The number of carbonyl (C=O) groups is 4. The van der Waals surface area contributed by atoms with E-state index in [1.807, 2.05) is 0 Å². The Labute approximate surface area is 315 Å². The second-order valence-electron chi connectivity index (χ2n) is 14.3. The molecule has 0 spiro atoms. The Hall–Kier alpha value is -4.01. The van der Waals surface area contributed by atoms with E-state index in [9.17, 15) is 36.7 Å². The van der Waals surface area contributed by atoms with E-state index in [-0.39, 0.29) is 32.3 Å². The van der Waals surface area contributed by atoms with E-state index >= 15 is 8.78 Å². The molecule has 1 N–H and O–H groups in total. The molecular formula is C36H33Cl3F6N2O6. The topological polar surface area (TPSA) is 102 Å². The fourth-order valence-electron chi connectivity index (χ4n) is 5.35. The molecule has 53 heavy (non-hydrogen) atoms. The summed E-state index contributed by atoms with van der Waals surface area (Å²) in [6.07, 6.45) is -8.71. The van der Waals surface area contributed by atoms with Crippen LogP contribution in [0.1, 0.15) is 80.1 Å². The van der Waals surface area contributed by atoms with Gasteiger partial charge in [0.1, 0.15) is 27.0 Å². The molecule has 286 valence electrons. The number of alkyl halides is 5. The first kappa shape index (κ1) is 41.7. The minimum absolute atomic E-state index is 0.0218. The van der Waals surface area contributed by atoms with Crippen LogP contribution in [0.5, 0.6) is 0 Å². The molecule has 0 heterocycles. The zero-order chi connectivity index (χ0) is 40.2. The fraction of sp³-hybridized carbons (Fsp3) is 0.389. The van der Waals surface area contributed by atoms with E-state index < -0.39 is 98.1 Å². The molecule has 0 aliphatic heterocycles. The van der Waals surface area contributed by atoms with Crippen molar-refractivity contribution in [3.8, 4) is 0 Å². The van der Waals surface area contributed by atoms with E-state index in [0.717, 1.165) is 24.3 Å². The van der Waals surface area contributed by atoms with Crippen LogP contribution >= 0.6 is 34.8 Å². The summed E-state index contributed by atoms with van der Waals surface area (Å²) in [5.41, 5.74) is -5.69. The van der Waals surface area contributed by atoms with Crippen molar-refractivity contribution in [3.63, 3.8) is 0 Å². The average molecular weight is 810 g/mol. The summed E-state index contributed by atoms with van der Waals surface area (Å²) in [5, 5.41) is 2.40. The number of hydrogen-bond acceptors (Lipinski definition) is 6. The number of aryl methyl sites for hydroxylation is 1. The third kappa shape index (κ3) is 9.39. The number of rotatable bonds is 7. The molecule has 3 aromatic rings. The molecule has 1 fully saturated rings. The Kier molecular flexibility index (Phi) is 11.6. The van der Waals surface area contributed by atoms with Crippen molar-refractivity contribution in [2.45, 2.75) is 82.5 Å². The maximum atomic E-state index is 16.1. The number of amides is 3. The molecule has 2 atom stereocenters. The molecule has 4 rings (SSSR count). The predicted molar refractivity (Wildman–Crippen MR) is 186 cm³/mol. The Morgan fingerprint density at radius 1 is 0.849 bits per heavy atom. The number of nitrogens with one attached hydrogen (secondary N) is 1. The molecular weight excluding hydrogens is 777 g/mol. The van der Waals surface area contributed by atoms with Crippen molar-refractivity contribution in [2.75, 3.05) is 10.2 Å². The Balaban J connectivity index is 1.63. The summed E-state index contributed by atoms with van der Waals surface area (Å²) in [7, 11) is 0. The van der Waals surface area contributed by atoms with E-state index in [0.29, 0.717) is 12.1 Å². The number of ether oxygens (including phenoxy) is 2. The van der Waals surface area contributed by atoms with Crippen molar-refractivity contribution >= 4 is 70.1 Å². The van der Waals surface area contributed by atoms with Gasteiger partial charge in [0, 0.05) is 23.6 Å². The van der Waals surface area contributed by atoms with Crippen LogP contribution in [-0.2, 0) is 26.9 Å². The average Bonchev–Trinajstić information content (AvgIpc) is 3.57. The predicted octanol–water partition coefficient (Wildman–Crippen LogP) is 10.7. The highest BCUT2D eigenvalue weighted by Crippen LogP contribution is 2.65. The lowest BCUT2D eigenvalue weighted by atomic mass is 9.99. The highest BCUT2D eigenvalue weighted by atomic mass is 35.5.